The second-order valence-electron chi connectivity index (χ2n) is 8.01. The van der Waals surface area contributed by atoms with Crippen LogP contribution in [0.4, 0.5) is 0 Å². The van der Waals surface area contributed by atoms with Gasteiger partial charge in [-0.2, -0.15) is 0 Å². The number of allylic oxidation sites excluding steroid dienone is 4. The molecule has 1 N–H and O–H groups in total. The summed E-state index contributed by atoms with van der Waals surface area (Å²) in [7, 11) is 0. The molecule has 0 saturated heterocycles. The Kier molecular flexibility index (Phi) is 5.46. The summed E-state index contributed by atoms with van der Waals surface area (Å²) in [6.07, 6.45) is 14.0. The van der Waals surface area contributed by atoms with Crippen LogP contribution in [0.3, 0.4) is 0 Å². The number of aryl methyl sites for hydroxylation is 1. The average Bonchev–Trinajstić information content (AvgIpc) is 2.83. The highest BCUT2D eigenvalue weighted by Crippen LogP contribution is 2.40. The molecule has 0 atom stereocenters. The van der Waals surface area contributed by atoms with E-state index in [1.165, 1.54) is 59.4 Å². The molecule has 0 unspecified atom stereocenters. The molecular weight excluding hydrogens is 420 g/mol. The minimum Gasteiger partial charge on any atom is -0.478 e. The lowest BCUT2D eigenvalue weighted by Crippen LogP contribution is -2.06. The minimum absolute atomic E-state index is 0.181. The van der Waals surface area contributed by atoms with Crippen LogP contribution in [-0.2, 0) is 6.42 Å². The van der Waals surface area contributed by atoms with Gasteiger partial charge in [-0.25, -0.2) is 4.79 Å². The standard InChI is InChI=1S/C18H15Cl.C9H6N2O2/c19-14-7-10-16-13(11-14)6-9-17-15-4-2-1-3-12(15)5-8-18(16)17;12-9(13)7-3-6-4-10-2-1-8(6)11-5-7/h2,4,6-7,9-11H,1,3,5,8H2;1-5H,(H,12,13). The number of hydrogen-bond acceptors (Lipinski definition) is 3. The monoisotopic (exact) mass is 440 g/mol. The van der Waals surface area contributed by atoms with Crippen LogP contribution in [0.15, 0.2) is 78.8 Å². The molecule has 5 heteroatoms. The molecule has 0 radical (unpaired) electrons. The van der Waals surface area contributed by atoms with Crippen LogP contribution in [0.1, 0.15) is 40.7 Å². The highest BCUT2D eigenvalue weighted by atomic mass is 35.5. The third-order valence-corrected chi connectivity index (χ3v) is 6.30. The summed E-state index contributed by atoms with van der Waals surface area (Å²) in [5.74, 6) is -0.974. The molecule has 32 heavy (non-hydrogen) atoms. The number of carbonyl (C=O) groups is 1. The van der Waals surface area contributed by atoms with Gasteiger partial charge in [0.25, 0.3) is 0 Å². The molecule has 0 fully saturated rings. The fraction of sp³-hybridized carbons (Fsp3) is 0.148. The number of carboxylic acids is 1. The molecule has 0 saturated carbocycles. The number of fused-ring (bicyclic) bond motifs is 5. The molecule has 2 heterocycles. The van der Waals surface area contributed by atoms with E-state index in [4.69, 9.17) is 16.7 Å². The van der Waals surface area contributed by atoms with Crippen molar-refractivity contribution in [1.82, 2.24) is 9.97 Å². The molecule has 0 aliphatic heterocycles. The highest BCUT2D eigenvalue weighted by molar-refractivity contribution is 6.31. The predicted molar refractivity (Wildman–Crippen MR) is 129 cm³/mol. The van der Waals surface area contributed by atoms with Crippen LogP contribution in [0.25, 0.3) is 27.2 Å². The molecule has 0 amide bonds. The fourth-order valence-corrected chi connectivity index (χ4v) is 4.68. The molecule has 0 spiro atoms. The summed E-state index contributed by atoms with van der Waals surface area (Å²) in [4.78, 5) is 18.4. The van der Waals surface area contributed by atoms with Gasteiger partial charge in [-0.15, -0.1) is 0 Å². The Morgan fingerprint density at radius 3 is 2.75 bits per heavy atom. The van der Waals surface area contributed by atoms with Gasteiger partial charge in [0.15, 0.2) is 0 Å². The Balaban J connectivity index is 0.000000146. The second kappa shape index (κ2) is 8.56. The van der Waals surface area contributed by atoms with E-state index in [9.17, 15) is 4.79 Å². The lowest BCUT2D eigenvalue weighted by atomic mass is 9.80. The molecule has 0 bridgehead atoms. The van der Waals surface area contributed by atoms with Crippen LogP contribution in [0.5, 0.6) is 0 Å². The van der Waals surface area contributed by atoms with Gasteiger partial charge < -0.3 is 5.11 Å². The van der Waals surface area contributed by atoms with Crippen LogP contribution in [0, 0.1) is 0 Å². The first-order valence-electron chi connectivity index (χ1n) is 10.6. The van der Waals surface area contributed by atoms with Crippen molar-refractivity contribution in [2.45, 2.75) is 25.7 Å². The number of aromatic carboxylic acids is 1. The normalized spacial score (nSPS) is 14.5. The first-order chi connectivity index (χ1) is 15.6. The van der Waals surface area contributed by atoms with Crippen molar-refractivity contribution in [1.29, 1.82) is 0 Å². The van der Waals surface area contributed by atoms with Crippen molar-refractivity contribution < 1.29 is 9.90 Å². The molecule has 2 aromatic carbocycles. The van der Waals surface area contributed by atoms with Crippen molar-refractivity contribution in [2.75, 3.05) is 0 Å². The molecule has 4 aromatic rings. The summed E-state index contributed by atoms with van der Waals surface area (Å²) in [5, 5.41) is 12.9. The zero-order valence-electron chi connectivity index (χ0n) is 17.4. The summed E-state index contributed by atoms with van der Waals surface area (Å²) in [5.41, 5.74) is 6.99. The van der Waals surface area contributed by atoms with Gasteiger partial charge >= 0.3 is 5.97 Å². The minimum atomic E-state index is -0.974. The smallest absolute Gasteiger partial charge is 0.337 e. The van der Waals surface area contributed by atoms with Gasteiger partial charge in [0, 0.05) is 29.0 Å². The van der Waals surface area contributed by atoms with Gasteiger partial charge in [-0.3, -0.25) is 9.97 Å². The first-order valence-corrected chi connectivity index (χ1v) is 11.0. The zero-order chi connectivity index (χ0) is 22.1. The van der Waals surface area contributed by atoms with E-state index < -0.39 is 5.97 Å². The Morgan fingerprint density at radius 1 is 0.969 bits per heavy atom. The number of aromatic nitrogens is 2. The lowest BCUT2D eigenvalue weighted by molar-refractivity contribution is 0.0696. The van der Waals surface area contributed by atoms with Crippen molar-refractivity contribution in [3.8, 4) is 0 Å². The van der Waals surface area contributed by atoms with E-state index in [1.807, 2.05) is 6.07 Å². The number of hydrogen-bond donors (Lipinski definition) is 1. The summed E-state index contributed by atoms with van der Waals surface area (Å²) in [6, 6.07) is 14.0. The lowest BCUT2D eigenvalue weighted by Gasteiger charge is -2.25. The molecule has 2 aliphatic rings. The molecule has 2 aromatic heterocycles. The third-order valence-electron chi connectivity index (χ3n) is 6.07. The number of nitrogens with zero attached hydrogens (tertiary/aromatic N) is 2. The Bertz CT molecular complexity index is 1420. The van der Waals surface area contributed by atoms with Crippen LogP contribution in [0.2, 0.25) is 5.02 Å². The quantitative estimate of drug-likeness (QED) is 0.350. The van der Waals surface area contributed by atoms with Gasteiger partial charge in [-0.05, 0) is 77.4 Å². The molecule has 158 valence electrons. The van der Waals surface area contributed by atoms with E-state index in [-0.39, 0.29) is 5.56 Å². The maximum atomic E-state index is 10.6. The number of benzene rings is 2. The van der Waals surface area contributed by atoms with Crippen molar-refractivity contribution in [2.24, 2.45) is 0 Å². The largest absolute Gasteiger partial charge is 0.478 e. The maximum Gasteiger partial charge on any atom is 0.337 e. The van der Waals surface area contributed by atoms with Crippen molar-refractivity contribution in [3.05, 3.63) is 100 Å². The summed E-state index contributed by atoms with van der Waals surface area (Å²) >= 11 is 6.09. The van der Waals surface area contributed by atoms with E-state index in [0.29, 0.717) is 0 Å². The molecule has 2 aliphatic carbocycles. The van der Waals surface area contributed by atoms with Crippen LogP contribution >= 0.6 is 11.6 Å². The average molecular weight is 441 g/mol. The predicted octanol–water partition coefficient (Wildman–Crippen LogP) is 6.87. The van der Waals surface area contributed by atoms with Gasteiger partial charge in [0.05, 0.1) is 11.1 Å². The number of pyridine rings is 2. The van der Waals surface area contributed by atoms with E-state index in [2.05, 4.69) is 46.4 Å². The Morgan fingerprint density at radius 2 is 1.88 bits per heavy atom. The highest BCUT2D eigenvalue weighted by Gasteiger charge is 2.20. The first kappa shape index (κ1) is 20.4. The zero-order valence-corrected chi connectivity index (χ0v) is 18.1. The topological polar surface area (TPSA) is 63.1 Å². The van der Waals surface area contributed by atoms with Crippen molar-refractivity contribution in [3.63, 3.8) is 0 Å². The van der Waals surface area contributed by atoms with E-state index in [0.717, 1.165) is 15.9 Å². The number of carboxylic acid groups (broad SMARTS) is 1. The van der Waals surface area contributed by atoms with Crippen LogP contribution < -0.4 is 0 Å². The molecule has 4 nitrogen and oxygen atoms in total. The maximum absolute atomic E-state index is 10.6. The van der Waals surface area contributed by atoms with Gasteiger partial charge in [0.1, 0.15) is 0 Å². The molecule has 6 rings (SSSR count). The fourth-order valence-electron chi connectivity index (χ4n) is 4.50. The number of rotatable bonds is 1. The summed E-state index contributed by atoms with van der Waals surface area (Å²) in [6.45, 7) is 0. The van der Waals surface area contributed by atoms with Gasteiger partial charge in [-0.1, -0.05) is 47.5 Å². The van der Waals surface area contributed by atoms with E-state index >= 15 is 0 Å². The van der Waals surface area contributed by atoms with Crippen molar-refractivity contribution >= 4 is 44.8 Å². The van der Waals surface area contributed by atoms with Gasteiger partial charge in [0.2, 0.25) is 0 Å². The number of halogens is 1. The SMILES string of the molecule is Clc1ccc2c3c(ccc2c1)C1=C(CCC=C1)CC3.O=C(O)c1cnc2ccncc2c1. The summed E-state index contributed by atoms with van der Waals surface area (Å²) < 4.78 is 0. The molecular formula is C27H21ClN2O2. The van der Waals surface area contributed by atoms with Crippen LogP contribution in [-0.4, -0.2) is 21.0 Å². The Hall–Kier alpha value is -3.50. The second-order valence-corrected chi connectivity index (χ2v) is 8.45. The van der Waals surface area contributed by atoms with E-state index in [1.54, 1.807) is 30.1 Å². The Labute approximate surface area is 190 Å². The third kappa shape index (κ3) is 3.90.